The zero-order valence-corrected chi connectivity index (χ0v) is 15.2. The van der Waals surface area contributed by atoms with Crippen molar-refractivity contribution >= 4 is 22.8 Å². The Bertz CT molecular complexity index is 676. The highest BCUT2D eigenvalue weighted by Crippen LogP contribution is 2.35. The lowest BCUT2D eigenvalue weighted by Gasteiger charge is -2.08. The molecule has 1 aliphatic heterocycles. The van der Waals surface area contributed by atoms with E-state index < -0.39 is 0 Å². The highest BCUT2D eigenvalue weighted by molar-refractivity contribution is 8.18. The number of rotatable bonds is 6. The number of hydrogen-bond donors (Lipinski definition) is 1. The smallest absolute Gasteiger partial charge is 0.345 e. The molecule has 0 saturated heterocycles. The number of carbonyl (C=O) groups excluding carboxylic acids is 1. The van der Waals surface area contributed by atoms with Crippen molar-refractivity contribution in [3.8, 4) is 0 Å². The van der Waals surface area contributed by atoms with Crippen molar-refractivity contribution in [2.75, 3.05) is 6.61 Å². The summed E-state index contributed by atoms with van der Waals surface area (Å²) in [6.07, 6.45) is 3.43. The maximum atomic E-state index is 12.0. The lowest BCUT2D eigenvalue weighted by molar-refractivity contribution is -0.137. The first-order valence-electron chi connectivity index (χ1n) is 8.15. The Morgan fingerprint density at radius 3 is 2.67 bits per heavy atom. The Hall–Kier alpha value is -1.85. The van der Waals surface area contributed by atoms with Gasteiger partial charge in [0.25, 0.3) is 0 Å². The van der Waals surface area contributed by atoms with E-state index in [4.69, 9.17) is 10.5 Å². The first-order chi connectivity index (χ1) is 11.5. The fourth-order valence-corrected chi connectivity index (χ4v) is 3.47. The van der Waals surface area contributed by atoms with Crippen LogP contribution in [0.3, 0.4) is 0 Å². The normalized spacial score (nSPS) is 19.2. The molecule has 0 bridgehead atoms. The molecule has 1 atom stereocenters. The van der Waals surface area contributed by atoms with Gasteiger partial charge in [-0.05, 0) is 45.3 Å². The summed E-state index contributed by atoms with van der Waals surface area (Å²) in [5, 5.41) is 0.804. The fraction of sp³-hybridized carbons (Fsp3) is 0.368. The number of carbonyl (C=O) groups is 1. The third-order valence-corrected chi connectivity index (χ3v) is 4.62. The Morgan fingerprint density at radius 2 is 2.04 bits per heavy atom. The fourth-order valence-electron chi connectivity index (χ4n) is 2.38. The predicted molar refractivity (Wildman–Crippen MR) is 101 cm³/mol. The van der Waals surface area contributed by atoms with E-state index in [9.17, 15) is 4.79 Å². The van der Waals surface area contributed by atoms with E-state index in [0.29, 0.717) is 11.5 Å². The van der Waals surface area contributed by atoms with E-state index in [0.717, 1.165) is 23.5 Å². The van der Waals surface area contributed by atoms with Gasteiger partial charge in [-0.15, -0.1) is 0 Å². The van der Waals surface area contributed by atoms with E-state index in [-0.39, 0.29) is 12.1 Å². The van der Waals surface area contributed by atoms with Crippen LogP contribution in [-0.2, 0) is 16.0 Å². The minimum atomic E-state index is -0.306. The van der Waals surface area contributed by atoms with Crippen LogP contribution < -0.4 is 5.73 Å². The maximum Gasteiger partial charge on any atom is 0.345 e. The van der Waals surface area contributed by atoms with Crippen LogP contribution >= 0.6 is 11.8 Å². The van der Waals surface area contributed by atoms with Crippen molar-refractivity contribution in [1.82, 2.24) is 0 Å². The van der Waals surface area contributed by atoms with Crippen molar-refractivity contribution in [2.45, 2.75) is 39.8 Å². The third kappa shape index (κ3) is 5.08. The van der Waals surface area contributed by atoms with Gasteiger partial charge in [0.15, 0.2) is 0 Å². The second-order valence-electron chi connectivity index (χ2n) is 5.69. The highest BCUT2D eigenvalue weighted by atomic mass is 32.2. The molecular formula is C19H24N2O2S. The van der Waals surface area contributed by atoms with Crippen molar-refractivity contribution in [1.29, 1.82) is 0 Å². The quantitative estimate of drug-likeness (QED) is 0.797. The maximum absolute atomic E-state index is 12.0. The minimum absolute atomic E-state index is 0.300. The largest absolute Gasteiger partial charge is 0.462 e. The molecule has 1 aliphatic rings. The summed E-state index contributed by atoms with van der Waals surface area (Å²) in [6.45, 7) is 6.08. The lowest BCUT2D eigenvalue weighted by atomic mass is 10.0. The monoisotopic (exact) mass is 344 g/mol. The molecule has 2 N–H and O–H groups in total. The van der Waals surface area contributed by atoms with Gasteiger partial charge in [0.2, 0.25) is 0 Å². The molecule has 5 heteroatoms. The molecule has 1 unspecified atom stereocenters. The molecule has 24 heavy (non-hydrogen) atoms. The average Bonchev–Trinajstić information content (AvgIpc) is 2.97. The zero-order chi connectivity index (χ0) is 17.5. The van der Waals surface area contributed by atoms with E-state index in [2.05, 4.69) is 24.0 Å². The van der Waals surface area contributed by atoms with Crippen molar-refractivity contribution in [3.63, 3.8) is 0 Å². The van der Waals surface area contributed by atoms with Gasteiger partial charge < -0.3 is 10.5 Å². The van der Waals surface area contributed by atoms with E-state index in [1.807, 2.05) is 31.2 Å². The van der Waals surface area contributed by atoms with Gasteiger partial charge in [-0.1, -0.05) is 47.7 Å². The number of aryl methyl sites for hydroxylation is 1. The predicted octanol–water partition coefficient (Wildman–Crippen LogP) is 3.83. The van der Waals surface area contributed by atoms with Gasteiger partial charge in [-0.25, -0.2) is 4.79 Å². The average molecular weight is 344 g/mol. The van der Waals surface area contributed by atoms with Crippen LogP contribution in [0.2, 0.25) is 0 Å². The summed E-state index contributed by atoms with van der Waals surface area (Å²) in [7, 11) is 0. The van der Waals surface area contributed by atoms with E-state index in [1.54, 1.807) is 6.92 Å². The Labute approximate surface area is 147 Å². The van der Waals surface area contributed by atoms with Crippen LogP contribution in [0.5, 0.6) is 0 Å². The molecule has 0 saturated carbocycles. The summed E-state index contributed by atoms with van der Waals surface area (Å²) < 4.78 is 5.10. The van der Waals surface area contributed by atoms with Gasteiger partial charge >= 0.3 is 5.97 Å². The molecule has 0 aromatic heterocycles. The van der Waals surface area contributed by atoms with Gasteiger partial charge in [-0.3, -0.25) is 4.99 Å². The standard InChI is InChI=1S/C19H24N2O2S/c1-4-23-19(22)17-12-16(18(24-17)21-14(3)20)13(2)10-11-15-8-6-5-7-9-15/h5-9,12,14H,4,10-11,20H2,1-3H3/b16-13+,21-18+. The molecule has 1 aromatic carbocycles. The number of nitrogens with two attached hydrogens (primary N) is 1. The van der Waals surface area contributed by atoms with Crippen molar-refractivity contribution in [3.05, 3.63) is 58.0 Å². The number of allylic oxidation sites excluding steroid dienone is 2. The summed E-state index contributed by atoms with van der Waals surface area (Å²) in [5.41, 5.74) is 9.31. The number of aliphatic imine (C=N–C) groups is 1. The van der Waals surface area contributed by atoms with Gasteiger partial charge in [0.1, 0.15) is 5.04 Å². The van der Waals surface area contributed by atoms with Crippen LogP contribution in [0, 0.1) is 0 Å². The Balaban J connectivity index is 2.21. The molecule has 1 heterocycles. The molecule has 2 rings (SSSR count). The molecule has 0 fully saturated rings. The second-order valence-corrected chi connectivity index (χ2v) is 6.72. The molecule has 1 aromatic rings. The lowest BCUT2D eigenvalue weighted by Crippen LogP contribution is -2.14. The van der Waals surface area contributed by atoms with E-state index >= 15 is 0 Å². The second kappa shape index (κ2) is 8.85. The van der Waals surface area contributed by atoms with Crippen LogP contribution in [0.4, 0.5) is 0 Å². The zero-order valence-electron chi connectivity index (χ0n) is 14.4. The Kier molecular flexibility index (Phi) is 6.82. The molecule has 128 valence electrons. The van der Waals surface area contributed by atoms with Crippen molar-refractivity contribution < 1.29 is 9.53 Å². The number of esters is 1. The molecule has 0 radical (unpaired) electrons. The van der Waals surface area contributed by atoms with Crippen LogP contribution in [0.1, 0.15) is 32.8 Å². The summed E-state index contributed by atoms with van der Waals surface area (Å²) in [4.78, 5) is 17.0. The highest BCUT2D eigenvalue weighted by Gasteiger charge is 2.25. The van der Waals surface area contributed by atoms with Gasteiger partial charge in [0.05, 0.1) is 17.7 Å². The number of thioether (sulfide) groups is 1. The topological polar surface area (TPSA) is 64.7 Å². The third-order valence-electron chi connectivity index (χ3n) is 3.60. The van der Waals surface area contributed by atoms with Crippen LogP contribution in [-0.4, -0.2) is 23.8 Å². The minimum Gasteiger partial charge on any atom is -0.462 e. The number of benzene rings is 1. The Morgan fingerprint density at radius 1 is 1.33 bits per heavy atom. The first kappa shape index (κ1) is 18.5. The molecular weight excluding hydrogens is 320 g/mol. The number of ether oxygens (including phenoxy) is 1. The van der Waals surface area contributed by atoms with Crippen molar-refractivity contribution in [2.24, 2.45) is 10.7 Å². The molecule has 0 amide bonds. The molecule has 0 aliphatic carbocycles. The molecule has 0 spiro atoms. The van der Waals surface area contributed by atoms with E-state index in [1.165, 1.54) is 22.9 Å². The van der Waals surface area contributed by atoms with Crippen LogP contribution in [0.15, 0.2) is 57.5 Å². The molecule has 4 nitrogen and oxygen atoms in total. The van der Waals surface area contributed by atoms with Crippen LogP contribution in [0.25, 0.3) is 0 Å². The summed E-state index contributed by atoms with van der Waals surface area (Å²) >= 11 is 1.34. The summed E-state index contributed by atoms with van der Waals surface area (Å²) in [5.74, 6) is -0.300. The summed E-state index contributed by atoms with van der Waals surface area (Å²) in [6, 6.07) is 10.4. The number of nitrogens with zero attached hydrogens (tertiary/aromatic N) is 1. The van der Waals surface area contributed by atoms with Gasteiger partial charge in [0, 0.05) is 5.57 Å². The first-order valence-corrected chi connectivity index (χ1v) is 8.97. The van der Waals surface area contributed by atoms with Gasteiger partial charge in [-0.2, -0.15) is 0 Å². The number of hydrogen-bond acceptors (Lipinski definition) is 5. The SMILES string of the molecule is CCOC(=O)C1=CC(=C(/C)CCc2ccccc2)/C(=N\C(C)N)S1.